The third-order valence-electron chi connectivity index (χ3n) is 2.64. The van der Waals surface area contributed by atoms with Gasteiger partial charge in [0.1, 0.15) is 5.82 Å². The topological polar surface area (TPSA) is 34.1 Å². The Bertz CT molecular complexity index is 497. The van der Waals surface area contributed by atoms with E-state index in [2.05, 4.69) is 0 Å². The maximum absolute atomic E-state index is 13.2. The van der Waals surface area contributed by atoms with Gasteiger partial charge in [-0.05, 0) is 36.1 Å². The molecule has 1 rings (SSSR count). The highest BCUT2D eigenvalue weighted by Crippen LogP contribution is 2.26. The SMILES string of the molecule is CCC(C)c1cc(F)cc(S(=O)(=O)C(F)F)c1. The van der Waals surface area contributed by atoms with E-state index in [0.29, 0.717) is 18.1 Å². The zero-order valence-electron chi connectivity index (χ0n) is 9.45. The largest absolute Gasteiger partial charge is 0.341 e. The zero-order valence-corrected chi connectivity index (χ0v) is 10.3. The van der Waals surface area contributed by atoms with Gasteiger partial charge >= 0.3 is 5.76 Å². The Hall–Kier alpha value is -1.04. The Morgan fingerprint density at radius 1 is 1.24 bits per heavy atom. The average Bonchev–Trinajstić information content (AvgIpc) is 2.26. The quantitative estimate of drug-likeness (QED) is 0.837. The van der Waals surface area contributed by atoms with E-state index in [1.807, 2.05) is 6.92 Å². The second-order valence-corrected chi connectivity index (χ2v) is 5.75. The Morgan fingerprint density at radius 2 is 1.82 bits per heavy atom. The normalized spacial score (nSPS) is 14.0. The lowest BCUT2D eigenvalue weighted by atomic mass is 9.99. The smallest absolute Gasteiger partial charge is 0.218 e. The van der Waals surface area contributed by atoms with Crippen LogP contribution in [-0.2, 0) is 9.84 Å². The molecule has 1 unspecified atom stereocenters. The third-order valence-corrected chi connectivity index (χ3v) is 4.00. The molecule has 0 aromatic heterocycles. The minimum atomic E-state index is -4.74. The highest BCUT2D eigenvalue weighted by molar-refractivity contribution is 7.91. The van der Waals surface area contributed by atoms with Gasteiger partial charge in [-0.2, -0.15) is 8.78 Å². The van der Waals surface area contributed by atoms with Crippen LogP contribution in [0, 0.1) is 5.82 Å². The molecule has 0 saturated heterocycles. The van der Waals surface area contributed by atoms with Crippen LogP contribution in [0.4, 0.5) is 13.2 Å². The Labute approximate surface area is 98.4 Å². The minimum Gasteiger partial charge on any atom is -0.218 e. The first-order chi connectivity index (χ1) is 7.78. The molecule has 1 atom stereocenters. The molecule has 0 aliphatic rings. The Kier molecular flexibility index (Phi) is 4.19. The van der Waals surface area contributed by atoms with Gasteiger partial charge in [-0.15, -0.1) is 0 Å². The van der Waals surface area contributed by atoms with Crippen molar-refractivity contribution in [2.75, 3.05) is 0 Å². The number of sulfone groups is 1. The van der Waals surface area contributed by atoms with Crippen molar-refractivity contribution in [3.05, 3.63) is 29.6 Å². The molecule has 0 aliphatic carbocycles. The van der Waals surface area contributed by atoms with Crippen molar-refractivity contribution < 1.29 is 21.6 Å². The van der Waals surface area contributed by atoms with Crippen LogP contribution in [0.25, 0.3) is 0 Å². The van der Waals surface area contributed by atoms with Crippen LogP contribution in [0.2, 0.25) is 0 Å². The molecule has 0 heterocycles. The van der Waals surface area contributed by atoms with E-state index >= 15 is 0 Å². The Morgan fingerprint density at radius 3 is 2.29 bits per heavy atom. The summed E-state index contributed by atoms with van der Waals surface area (Å²) in [4.78, 5) is -0.664. The molecule has 0 N–H and O–H groups in total. The molecule has 0 aliphatic heterocycles. The number of benzene rings is 1. The van der Waals surface area contributed by atoms with Gasteiger partial charge in [0, 0.05) is 0 Å². The maximum Gasteiger partial charge on any atom is 0.341 e. The highest BCUT2D eigenvalue weighted by atomic mass is 32.2. The van der Waals surface area contributed by atoms with Crippen molar-refractivity contribution in [1.29, 1.82) is 0 Å². The molecular weight excluding hydrogens is 253 g/mol. The van der Waals surface area contributed by atoms with Crippen LogP contribution in [0.1, 0.15) is 31.7 Å². The number of halogens is 3. The van der Waals surface area contributed by atoms with Crippen LogP contribution in [0.15, 0.2) is 23.1 Å². The number of rotatable bonds is 4. The standard InChI is InChI=1S/C11H13F3O2S/c1-3-7(2)8-4-9(12)6-10(5-8)17(15,16)11(13)14/h4-7,11H,3H2,1-2H3. The number of hydrogen-bond acceptors (Lipinski definition) is 2. The molecule has 6 heteroatoms. The summed E-state index contributed by atoms with van der Waals surface area (Å²) in [5.74, 6) is -4.44. The summed E-state index contributed by atoms with van der Waals surface area (Å²) >= 11 is 0. The zero-order chi connectivity index (χ0) is 13.2. The van der Waals surface area contributed by atoms with Gasteiger partial charge in [0.05, 0.1) is 4.90 Å². The maximum atomic E-state index is 13.2. The Balaban J connectivity index is 3.33. The minimum absolute atomic E-state index is 0.0858. The number of hydrogen-bond donors (Lipinski definition) is 0. The molecule has 0 radical (unpaired) electrons. The van der Waals surface area contributed by atoms with Gasteiger partial charge in [-0.3, -0.25) is 0 Å². The average molecular weight is 266 g/mol. The van der Waals surface area contributed by atoms with E-state index < -0.39 is 26.3 Å². The molecular formula is C11H13F3O2S. The van der Waals surface area contributed by atoms with Crippen LogP contribution in [-0.4, -0.2) is 14.2 Å². The summed E-state index contributed by atoms with van der Waals surface area (Å²) in [7, 11) is -4.74. The molecule has 1 aromatic rings. The van der Waals surface area contributed by atoms with Crippen molar-refractivity contribution in [3.8, 4) is 0 Å². The van der Waals surface area contributed by atoms with Gasteiger partial charge in [0.15, 0.2) is 0 Å². The second kappa shape index (κ2) is 5.08. The summed E-state index contributed by atoms with van der Waals surface area (Å²) in [5, 5.41) is 0. The van der Waals surface area contributed by atoms with Gasteiger partial charge in [0.2, 0.25) is 9.84 Å². The monoisotopic (exact) mass is 266 g/mol. The third kappa shape index (κ3) is 3.00. The van der Waals surface area contributed by atoms with Crippen LogP contribution >= 0.6 is 0 Å². The molecule has 0 saturated carbocycles. The van der Waals surface area contributed by atoms with Crippen molar-refractivity contribution in [3.63, 3.8) is 0 Å². The molecule has 17 heavy (non-hydrogen) atoms. The fourth-order valence-corrected chi connectivity index (χ4v) is 2.15. The van der Waals surface area contributed by atoms with Crippen molar-refractivity contribution in [2.45, 2.75) is 36.8 Å². The van der Waals surface area contributed by atoms with E-state index in [4.69, 9.17) is 0 Å². The lowest BCUT2D eigenvalue weighted by Crippen LogP contribution is -2.12. The molecule has 0 spiro atoms. The number of alkyl halides is 2. The van der Waals surface area contributed by atoms with Gasteiger partial charge in [-0.25, -0.2) is 12.8 Å². The van der Waals surface area contributed by atoms with E-state index in [9.17, 15) is 21.6 Å². The fourth-order valence-electron chi connectivity index (χ4n) is 1.37. The molecule has 0 bridgehead atoms. The van der Waals surface area contributed by atoms with Gasteiger partial charge in [-0.1, -0.05) is 13.8 Å². The first-order valence-electron chi connectivity index (χ1n) is 5.11. The second-order valence-electron chi connectivity index (χ2n) is 3.84. The van der Waals surface area contributed by atoms with Crippen molar-refractivity contribution >= 4 is 9.84 Å². The molecule has 1 aromatic carbocycles. The summed E-state index contributed by atoms with van der Waals surface area (Å²) in [6.07, 6.45) is 0.664. The lowest BCUT2D eigenvalue weighted by molar-refractivity contribution is 0.234. The van der Waals surface area contributed by atoms with Gasteiger partial charge in [0.25, 0.3) is 0 Å². The first-order valence-corrected chi connectivity index (χ1v) is 6.66. The van der Waals surface area contributed by atoms with Crippen molar-refractivity contribution in [2.24, 2.45) is 0 Å². The van der Waals surface area contributed by atoms with E-state index in [1.54, 1.807) is 6.92 Å². The summed E-state index contributed by atoms with van der Waals surface area (Å²) in [5.41, 5.74) is 0.409. The lowest BCUT2D eigenvalue weighted by Gasteiger charge is -2.11. The fraction of sp³-hybridized carbons (Fsp3) is 0.455. The van der Waals surface area contributed by atoms with Crippen LogP contribution < -0.4 is 0 Å². The summed E-state index contributed by atoms with van der Waals surface area (Å²) < 4.78 is 60.3. The van der Waals surface area contributed by atoms with E-state index in [-0.39, 0.29) is 5.92 Å². The predicted octanol–water partition coefficient (Wildman–Crippen LogP) is 3.34. The molecule has 96 valence electrons. The van der Waals surface area contributed by atoms with Crippen molar-refractivity contribution in [1.82, 2.24) is 0 Å². The van der Waals surface area contributed by atoms with E-state index in [1.165, 1.54) is 6.07 Å². The summed E-state index contributed by atoms with van der Waals surface area (Å²) in [6.45, 7) is 3.62. The first kappa shape index (κ1) is 14.0. The molecule has 2 nitrogen and oxygen atoms in total. The molecule has 0 amide bonds. The van der Waals surface area contributed by atoms with Crippen LogP contribution in [0.3, 0.4) is 0 Å². The highest BCUT2D eigenvalue weighted by Gasteiger charge is 2.27. The molecule has 0 fully saturated rings. The van der Waals surface area contributed by atoms with Crippen LogP contribution in [0.5, 0.6) is 0 Å². The van der Waals surface area contributed by atoms with E-state index in [0.717, 1.165) is 6.07 Å². The van der Waals surface area contributed by atoms with Gasteiger partial charge < -0.3 is 0 Å². The predicted molar refractivity (Wildman–Crippen MR) is 58.3 cm³/mol. The summed E-state index contributed by atoms with van der Waals surface area (Å²) in [6, 6.07) is 2.89.